The Morgan fingerprint density at radius 1 is 0.356 bits per heavy atom. The van der Waals surface area contributed by atoms with E-state index in [0.717, 1.165) is 10.2 Å². The summed E-state index contributed by atoms with van der Waals surface area (Å²) < 4.78 is 3.63. The van der Waals surface area contributed by atoms with Crippen molar-refractivity contribution in [3.63, 3.8) is 0 Å². The third kappa shape index (κ3) is 4.97. The van der Waals surface area contributed by atoms with Gasteiger partial charge in [-0.2, -0.15) is 0 Å². The molecule has 0 spiro atoms. The summed E-state index contributed by atoms with van der Waals surface area (Å²) in [7, 11) is 0. The summed E-state index contributed by atoms with van der Waals surface area (Å²) in [6.07, 6.45) is 0. The second kappa shape index (κ2) is 13.3. The van der Waals surface area contributed by atoms with Crippen LogP contribution in [0, 0.1) is 0 Å². The Morgan fingerprint density at radius 3 is 1.64 bits per heavy atom. The maximum atomic E-state index is 3.78. The number of rotatable bonds is 5. The fourth-order valence-electron chi connectivity index (χ4n) is 10.3. The van der Waals surface area contributed by atoms with E-state index >= 15 is 0 Å². The van der Waals surface area contributed by atoms with E-state index in [2.05, 4.69) is 239 Å². The van der Waals surface area contributed by atoms with Crippen molar-refractivity contribution < 1.29 is 0 Å². The highest BCUT2D eigenvalue weighted by molar-refractivity contribution is 9.10. The first-order valence-corrected chi connectivity index (χ1v) is 21.1. The molecule has 59 heavy (non-hydrogen) atoms. The third-order valence-corrected chi connectivity index (χ3v) is 13.4. The minimum atomic E-state index is -0.497. The molecule has 1 nitrogen and oxygen atoms in total. The Hall–Kier alpha value is -7.00. The largest absolute Gasteiger partial charge is 0.309 e. The van der Waals surface area contributed by atoms with Gasteiger partial charge >= 0.3 is 0 Å². The fourth-order valence-corrected chi connectivity index (χ4v) is 10.8. The average molecular weight is 815 g/mol. The Labute approximate surface area is 351 Å². The SMILES string of the molecule is Brc1ccccc1-c1ccc(-c2cc3c(c4ccccc24)c2c4ccccc4ccc2n3-c2ccc3c(c2)C(c2ccccc2)(c2ccccc2)c2ccccc2-3)cc1. The number of hydrogen-bond donors (Lipinski definition) is 0. The Bertz CT molecular complexity index is 3390. The van der Waals surface area contributed by atoms with Gasteiger partial charge < -0.3 is 4.57 Å². The quantitative estimate of drug-likeness (QED) is 0.163. The smallest absolute Gasteiger partial charge is 0.0714 e. The Balaban J connectivity index is 1.18. The zero-order valence-corrected chi connectivity index (χ0v) is 33.7. The predicted octanol–water partition coefficient (Wildman–Crippen LogP) is 15.5. The van der Waals surface area contributed by atoms with Gasteiger partial charge in [0.2, 0.25) is 0 Å². The standard InChI is InChI=1S/C57H36BrN/c58-52-26-14-12-20-43(52)38-27-29-39(30-28-38)49-36-54-56(48-24-10-9-22-45(48)49)55-44-21-8-7-15-37(44)31-34-53(55)59(54)42-32-33-47-46-23-11-13-25-50(46)57(51(47)35-42,40-16-3-1-4-17-40)41-18-5-2-6-19-41/h1-36H. The molecule has 0 N–H and O–H groups in total. The minimum absolute atomic E-state index is 0.497. The van der Waals surface area contributed by atoms with Crippen molar-refractivity contribution in [2.24, 2.45) is 0 Å². The molecule has 12 rings (SSSR count). The maximum Gasteiger partial charge on any atom is 0.0714 e. The topological polar surface area (TPSA) is 4.93 Å². The molecule has 10 aromatic carbocycles. The van der Waals surface area contributed by atoms with Gasteiger partial charge in [0.05, 0.1) is 16.4 Å². The van der Waals surface area contributed by atoms with Crippen molar-refractivity contribution in [3.8, 4) is 39.1 Å². The van der Waals surface area contributed by atoms with Gasteiger partial charge in [0.1, 0.15) is 0 Å². The minimum Gasteiger partial charge on any atom is -0.309 e. The monoisotopic (exact) mass is 813 g/mol. The zero-order chi connectivity index (χ0) is 39.1. The number of nitrogens with zero attached hydrogens (tertiary/aromatic N) is 1. The summed E-state index contributed by atoms with van der Waals surface area (Å²) in [5.74, 6) is 0. The van der Waals surface area contributed by atoms with Crippen LogP contribution in [-0.2, 0) is 5.41 Å². The molecule has 11 aromatic rings. The van der Waals surface area contributed by atoms with Gasteiger partial charge in [0.15, 0.2) is 0 Å². The Morgan fingerprint density at radius 2 is 0.915 bits per heavy atom. The van der Waals surface area contributed by atoms with E-state index in [9.17, 15) is 0 Å². The van der Waals surface area contributed by atoms with Gasteiger partial charge in [0.25, 0.3) is 0 Å². The molecule has 0 radical (unpaired) electrons. The highest BCUT2D eigenvalue weighted by Gasteiger charge is 2.46. The number of fused-ring (bicyclic) bond motifs is 10. The van der Waals surface area contributed by atoms with E-state index in [1.165, 1.54) is 99.0 Å². The van der Waals surface area contributed by atoms with Crippen LogP contribution in [-0.4, -0.2) is 4.57 Å². The summed E-state index contributed by atoms with van der Waals surface area (Å²) in [5, 5.41) is 7.57. The van der Waals surface area contributed by atoms with Gasteiger partial charge in [-0.3, -0.25) is 0 Å². The van der Waals surface area contributed by atoms with Crippen LogP contribution in [0.3, 0.4) is 0 Å². The van der Waals surface area contributed by atoms with Crippen molar-refractivity contribution in [2.75, 3.05) is 0 Å². The lowest BCUT2D eigenvalue weighted by Crippen LogP contribution is -2.28. The number of hydrogen-bond acceptors (Lipinski definition) is 0. The molecule has 0 aliphatic heterocycles. The molecule has 276 valence electrons. The molecule has 1 aliphatic carbocycles. The second-order valence-electron chi connectivity index (χ2n) is 15.7. The van der Waals surface area contributed by atoms with Crippen LogP contribution in [0.15, 0.2) is 223 Å². The predicted molar refractivity (Wildman–Crippen MR) is 252 cm³/mol. The van der Waals surface area contributed by atoms with Crippen molar-refractivity contribution in [3.05, 3.63) is 245 Å². The van der Waals surface area contributed by atoms with Gasteiger partial charge in [-0.1, -0.05) is 204 Å². The fraction of sp³-hybridized carbons (Fsp3) is 0.0175. The van der Waals surface area contributed by atoms with Crippen molar-refractivity contribution >= 4 is 59.3 Å². The summed E-state index contributed by atoms with van der Waals surface area (Å²) in [6.45, 7) is 0. The lowest BCUT2D eigenvalue weighted by Gasteiger charge is -2.34. The van der Waals surface area contributed by atoms with Crippen LogP contribution in [0.1, 0.15) is 22.3 Å². The number of benzene rings is 10. The van der Waals surface area contributed by atoms with Crippen LogP contribution < -0.4 is 0 Å². The lowest BCUT2D eigenvalue weighted by molar-refractivity contribution is 0.767. The van der Waals surface area contributed by atoms with Gasteiger partial charge in [-0.05, 0) is 108 Å². The number of halogens is 1. The van der Waals surface area contributed by atoms with Gasteiger partial charge in [0, 0.05) is 20.9 Å². The molecule has 0 saturated carbocycles. The van der Waals surface area contributed by atoms with E-state index in [-0.39, 0.29) is 0 Å². The highest BCUT2D eigenvalue weighted by atomic mass is 79.9. The molecule has 1 heterocycles. The molecule has 2 heteroatoms. The van der Waals surface area contributed by atoms with Crippen molar-refractivity contribution in [1.29, 1.82) is 0 Å². The zero-order valence-electron chi connectivity index (χ0n) is 32.1. The average Bonchev–Trinajstić information content (AvgIpc) is 3.80. The van der Waals surface area contributed by atoms with Crippen LogP contribution in [0.5, 0.6) is 0 Å². The van der Waals surface area contributed by atoms with E-state index in [4.69, 9.17) is 0 Å². The molecule has 1 aromatic heterocycles. The second-order valence-corrected chi connectivity index (χ2v) is 16.5. The summed E-state index contributed by atoms with van der Waals surface area (Å²) >= 11 is 3.78. The molecule has 0 amide bonds. The normalized spacial score (nSPS) is 13.0. The first-order valence-electron chi connectivity index (χ1n) is 20.3. The summed E-state index contributed by atoms with van der Waals surface area (Å²) in [5.41, 5.74) is 15.5. The summed E-state index contributed by atoms with van der Waals surface area (Å²) in [6, 6.07) is 80.8. The molecular formula is C57H36BrN. The van der Waals surface area contributed by atoms with Crippen LogP contribution >= 0.6 is 15.9 Å². The first-order chi connectivity index (χ1) is 29.2. The summed E-state index contributed by atoms with van der Waals surface area (Å²) in [4.78, 5) is 0. The van der Waals surface area contributed by atoms with E-state index in [0.29, 0.717) is 0 Å². The van der Waals surface area contributed by atoms with Crippen LogP contribution in [0.25, 0.3) is 82.4 Å². The molecule has 1 aliphatic rings. The number of aromatic nitrogens is 1. The van der Waals surface area contributed by atoms with E-state index in [1.807, 2.05) is 0 Å². The van der Waals surface area contributed by atoms with E-state index in [1.54, 1.807) is 0 Å². The molecule has 0 bridgehead atoms. The maximum absolute atomic E-state index is 3.78. The molecule has 0 saturated heterocycles. The lowest BCUT2D eigenvalue weighted by atomic mass is 9.67. The molecule has 0 atom stereocenters. The van der Waals surface area contributed by atoms with Crippen LogP contribution in [0.2, 0.25) is 0 Å². The van der Waals surface area contributed by atoms with Gasteiger partial charge in [-0.25, -0.2) is 0 Å². The first kappa shape index (κ1) is 34.1. The van der Waals surface area contributed by atoms with Crippen molar-refractivity contribution in [1.82, 2.24) is 4.57 Å². The molecule has 0 unspecified atom stereocenters. The highest BCUT2D eigenvalue weighted by Crippen LogP contribution is 2.57. The molecular weight excluding hydrogens is 779 g/mol. The van der Waals surface area contributed by atoms with E-state index < -0.39 is 5.41 Å². The van der Waals surface area contributed by atoms with Crippen LogP contribution in [0.4, 0.5) is 0 Å². The van der Waals surface area contributed by atoms with Gasteiger partial charge in [-0.15, -0.1) is 0 Å². The third-order valence-electron chi connectivity index (χ3n) is 12.7. The Kier molecular flexibility index (Phi) is 7.67. The van der Waals surface area contributed by atoms with Crippen molar-refractivity contribution in [2.45, 2.75) is 5.41 Å². The molecule has 0 fully saturated rings.